The van der Waals surface area contributed by atoms with Crippen molar-refractivity contribution in [1.82, 2.24) is 4.98 Å². The maximum Gasteiger partial charge on any atom is 0.192 e. The fourth-order valence-corrected chi connectivity index (χ4v) is 2.71. The van der Waals surface area contributed by atoms with Crippen molar-refractivity contribution in [1.29, 1.82) is 0 Å². The zero-order chi connectivity index (χ0) is 15.4. The summed E-state index contributed by atoms with van der Waals surface area (Å²) >= 11 is 11.8. The topological polar surface area (TPSA) is 22.1 Å². The van der Waals surface area contributed by atoms with Crippen LogP contribution in [-0.4, -0.2) is 19.9 Å². The monoisotopic (exact) mass is 331 g/mol. The Morgan fingerprint density at radius 2 is 1.85 bits per heavy atom. The van der Waals surface area contributed by atoms with E-state index in [2.05, 4.69) is 44.9 Å². The smallest absolute Gasteiger partial charge is 0.192 e. The molecule has 0 N–H and O–H groups in total. The molecule has 112 valence electrons. The molecule has 0 spiro atoms. The van der Waals surface area contributed by atoms with Crippen LogP contribution < -0.4 is 0 Å². The van der Waals surface area contributed by atoms with Crippen LogP contribution in [0.4, 0.5) is 0 Å². The molecule has 5 heteroatoms. The van der Waals surface area contributed by atoms with E-state index in [0.29, 0.717) is 16.9 Å². The molecule has 0 radical (unpaired) electrons. The molecule has 0 aliphatic heterocycles. The van der Waals surface area contributed by atoms with Gasteiger partial charge in [0.25, 0.3) is 0 Å². The molecule has 20 heavy (non-hydrogen) atoms. The summed E-state index contributed by atoms with van der Waals surface area (Å²) in [6.07, 6.45) is 4.85. The molecule has 1 rings (SSSR count). The minimum absolute atomic E-state index is 0.240. The van der Waals surface area contributed by atoms with E-state index < -0.39 is 8.32 Å². The number of pyridine rings is 1. The maximum atomic E-state index is 6.06. The van der Waals surface area contributed by atoms with Crippen molar-refractivity contribution in [2.45, 2.75) is 45.3 Å². The number of hydrogen-bond acceptors (Lipinski definition) is 2. The van der Waals surface area contributed by atoms with Gasteiger partial charge in [-0.2, -0.15) is 0 Å². The first-order valence-corrected chi connectivity index (χ1v) is 10.4. The molecule has 0 fully saturated rings. The summed E-state index contributed by atoms with van der Waals surface area (Å²) in [6, 6.07) is 3.65. The summed E-state index contributed by atoms with van der Waals surface area (Å²) in [5.74, 6) is 0. The minimum Gasteiger partial charge on any atom is -0.413 e. The Labute approximate surface area is 133 Å². The molecule has 0 saturated heterocycles. The van der Waals surface area contributed by atoms with Gasteiger partial charge in [-0.05, 0) is 36.2 Å². The summed E-state index contributed by atoms with van der Waals surface area (Å²) in [4.78, 5) is 4.02. The van der Waals surface area contributed by atoms with Crippen molar-refractivity contribution in [2.24, 2.45) is 0 Å². The minimum atomic E-state index is -1.66. The molecule has 1 heterocycles. The number of nitrogens with zero attached hydrogens (tertiary/aromatic N) is 1. The van der Waals surface area contributed by atoms with E-state index in [9.17, 15) is 0 Å². The van der Waals surface area contributed by atoms with Crippen LogP contribution in [0.5, 0.6) is 0 Å². The van der Waals surface area contributed by atoms with Gasteiger partial charge in [0, 0.05) is 0 Å². The van der Waals surface area contributed by atoms with Crippen molar-refractivity contribution < 1.29 is 4.43 Å². The summed E-state index contributed by atoms with van der Waals surface area (Å²) in [5.41, 5.74) is 0.972. The molecule has 2 nitrogen and oxygen atoms in total. The average Bonchev–Trinajstić information content (AvgIpc) is 2.29. The number of halogens is 2. The Bertz CT molecular complexity index is 481. The lowest BCUT2D eigenvalue weighted by Crippen LogP contribution is -2.40. The Morgan fingerprint density at radius 3 is 2.40 bits per heavy atom. The van der Waals surface area contributed by atoms with E-state index in [4.69, 9.17) is 27.6 Å². The van der Waals surface area contributed by atoms with E-state index in [1.165, 1.54) is 0 Å². The number of hydrogen-bond donors (Lipinski definition) is 0. The molecule has 0 atom stereocenters. The third kappa shape index (κ3) is 5.21. The lowest BCUT2D eigenvalue weighted by Gasteiger charge is -2.35. The highest BCUT2D eigenvalue weighted by Gasteiger charge is 2.36. The van der Waals surface area contributed by atoms with E-state index >= 15 is 0 Å². The molecular formula is C15H23Cl2NOSi. The Balaban J connectivity index is 2.47. The average molecular weight is 332 g/mol. The van der Waals surface area contributed by atoms with Crippen LogP contribution in [0.15, 0.2) is 24.3 Å². The van der Waals surface area contributed by atoms with Gasteiger partial charge >= 0.3 is 0 Å². The molecular weight excluding hydrogens is 309 g/mol. The van der Waals surface area contributed by atoms with Crippen molar-refractivity contribution in [2.75, 3.05) is 6.61 Å². The third-order valence-electron chi connectivity index (χ3n) is 3.74. The lowest BCUT2D eigenvalue weighted by molar-refractivity contribution is 0.328. The van der Waals surface area contributed by atoms with Gasteiger partial charge in [-0.15, -0.1) is 0 Å². The van der Waals surface area contributed by atoms with Crippen molar-refractivity contribution in [3.63, 3.8) is 0 Å². The lowest BCUT2D eigenvalue weighted by atomic mass is 10.2. The molecule has 0 amide bonds. The van der Waals surface area contributed by atoms with Crippen LogP contribution >= 0.6 is 23.2 Å². The molecule has 0 saturated carbocycles. The van der Waals surface area contributed by atoms with E-state index in [1.54, 1.807) is 6.07 Å². The van der Waals surface area contributed by atoms with Gasteiger partial charge in [-0.3, -0.25) is 0 Å². The van der Waals surface area contributed by atoms with Crippen LogP contribution in [0, 0.1) is 0 Å². The van der Waals surface area contributed by atoms with Crippen molar-refractivity contribution in [3.05, 3.63) is 40.2 Å². The van der Waals surface area contributed by atoms with Crippen LogP contribution in [0.1, 0.15) is 26.3 Å². The van der Waals surface area contributed by atoms with Crippen LogP contribution in [-0.2, 0) is 10.8 Å². The summed E-state index contributed by atoms with van der Waals surface area (Å²) in [7, 11) is -1.66. The van der Waals surface area contributed by atoms with Crippen molar-refractivity contribution in [3.8, 4) is 0 Å². The number of rotatable bonds is 5. The van der Waals surface area contributed by atoms with Crippen molar-refractivity contribution >= 4 is 31.5 Å². The molecule has 0 bridgehead atoms. The summed E-state index contributed by atoms with van der Waals surface area (Å²) in [5, 5.41) is 1.13. The first kappa shape index (κ1) is 17.7. The predicted octanol–water partition coefficient (Wildman–Crippen LogP) is 5.51. The van der Waals surface area contributed by atoms with Crippen LogP contribution in [0.3, 0.4) is 0 Å². The fraction of sp³-hybridized carbons (Fsp3) is 0.533. The maximum absolute atomic E-state index is 6.06. The second kappa shape index (κ2) is 7.08. The van der Waals surface area contributed by atoms with Gasteiger partial charge < -0.3 is 4.43 Å². The van der Waals surface area contributed by atoms with Gasteiger partial charge in [0.2, 0.25) is 0 Å². The fourth-order valence-electron chi connectivity index (χ4n) is 1.34. The predicted molar refractivity (Wildman–Crippen MR) is 90.3 cm³/mol. The van der Waals surface area contributed by atoms with Gasteiger partial charge in [0.1, 0.15) is 10.3 Å². The molecule has 0 aliphatic carbocycles. The van der Waals surface area contributed by atoms with Crippen LogP contribution in [0.2, 0.25) is 28.4 Å². The van der Waals surface area contributed by atoms with E-state index in [1.807, 2.05) is 12.1 Å². The molecule has 0 unspecified atom stereocenters. The Morgan fingerprint density at radius 1 is 1.20 bits per heavy atom. The first-order valence-electron chi connectivity index (χ1n) is 6.73. The standard InChI is InChI=1S/C15H23Cl2NOSi/c1-15(2,3)20(4,5)19-11-7-6-8-12-9-10-13(16)18-14(12)17/h6-7,9-10H,8,11H2,1-5H3/b7-6+. The zero-order valence-electron chi connectivity index (χ0n) is 12.8. The second-order valence-electron chi connectivity index (χ2n) is 6.33. The number of aromatic nitrogens is 1. The van der Waals surface area contributed by atoms with Crippen LogP contribution in [0.25, 0.3) is 0 Å². The van der Waals surface area contributed by atoms with Gasteiger partial charge in [0.05, 0.1) is 6.61 Å². The molecule has 1 aromatic rings. The van der Waals surface area contributed by atoms with Gasteiger partial charge in [-0.1, -0.05) is 62.2 Å². The van der Waals surface area contributed by atoms with E-state index in [0.717, 1.165) is 12.0 Å². The molecule has 0 aromatic carbocycles. The third-order valence-corrected chi connectivity index (χ3v) is 8.78. The zero-order valence-corrected chi connectivity index (χ0v) is 15.3. The highest BCUT2D eigenvalue weighted by Crippen LogP contribution is 2.36. The highest BCUT2D eigenvalue weighted by atomic mass is 35.5. The largest absolute Gasteiger partial charge is 0.413 e. The van der Waals surface area contributed by atoms with Gasteiger partial charge in [-0.25, -0.2) is 4.98 Å². The first-order chi connectivity index (χ1) is 9.13. The quantitative estimate of drug-likeness (QED) is 0.403. The SMILES string of the molecule is CC(C)(C)[Si](C)(C)OC/C=C/Cc1ccc(Cl)nc1Cl. The Hall–Kier alpha value is -0.353. The number of allylic oxidation sites excluding steroid dienone is 1. The normalized spacial score (nSPS) is 13.2. The summed E-state index contributed by atoms with van der Waals surface area (Å²) < 4.78 is 6.06. The van der Waals surface area contributed by atoms with E-state index in [-0.39, 0.29) is 5.04 Å². The highest BCUT2D eigenvalue weighted by molar-refractivity contribution is 6.74. The summed E-state index contributed by atoms with van der Waals surface area (Å²) in [6.45, 7) is 11.9. The molecule has 1 aromatic heterocycles. The van der Waals surface area contributed by atoms with Gasteiger partial charge in [0.15, 0.2) is 8.32 Å². The molecule has 0 aliphatic rings. The Kier molecular flexibility index (Phi) is 6.26. The second-order valence-corrected chi connectivity index (χ2v) is 11.9.